The van der Waals surface area contributed by atoms with Gasteiger partial charge in [-0.1, -0.05) is 72.4 Å². The normalized spacial score (nSPS) is 9.49. The molecule has 0 aliphatic carbocycles. The largest absolute Gasteiger partial charge is 0.478 e. The summed E-state index contributed by atoms with van der Waals surface area (Å²) in [5, 5.41) is 33.8. The minimum Gasteiger partial charge on any atom is -0.478 e. The standard InChI is InChI=1S/C25H18N4O4.C21H16N2O6.C8H10N2O2.C8H7N.C7H5ClO2/c1-3-16-5-9-19(10-6-16)26-24(32)28-21-13-18(23(30)31)14-22(15-21)29-25(33)27-20-11-7-17(4-2)8-12-20;24-19(25)14-11-15(22-20(26)28-17-7-3-1-4-8-17)13-16(12-14)23-21(27)29-18-9-5-2-6-10-18;1-12-8(11)5-2-6(9)4-7(10)3-5;1-2-7-3-5-8(9)6-4-7;8-7(9)10-6-4-2-1-3-5-6/h1-2,5-15H,(H,30,31)(H2,26,28,32)(H2,27,29,33);1-13H,(H,22,26)(H,23,27)(H,24,25);2-4H,9-10H2,1H3;1,3-6H,9H2;1-5H. The van der Waals surface area contributed by atoms with Crippen LogP contribution in [0.2, 0.25) is 0 Å². The molecule has 6 amide bonds. The molecule has 14 N–H and O–H groups in total. The third-order valence-corrected chi connectivity index (χ3v) is 11.4. The lowest BCUT2D eigenvalue weighted by atomic mass is 10.1. The molecular weight excluding hydrogens is 1210 g/mol. The molecule has 0 aromatic heterocycles. The number of esters is 1. The average molecular weight is 1270 g/mol. The molecule has 0 radical (unpaired) electrons. The summed E-state index contributed by atoms with van der Waals surface area (Å²) in [6.45, 7) is 0. The average Bonchev–Trinajstić information content (AvgIpc) is 3.22. The molecule has 0 spiro atoms. The molecule has 9 aromatic carbocycles. The number of carbonyl (C=O) groups excluding carboxylic acids is 6. The number of para-hydroxylation sites is 3. The Labute approximate surface area is 537 Å². The number of urea groups is 2. The highest BCUT2D eigenvalue weighted by Crippen LogP contribution is 2.24. The Balaban J connectivity index is 0.000000233. The van der Waals surface area contributed by atoms with Gasteiger partial charge in [-0.25, -0.2) is 38.4 Å². The Hall–Kier alpha value is -13.7. The van der Waals surface area contributed by atoms with Crippen molar-refractivity contribution in [2.45, 2.75) is 0 Å². The van der Waals surface area contributed by atoms with Crippen LogP contribution in [0.4, 0.5) is 75.2 Å². The summed E-state index contributed by atoms with van der Waals surface area (Å²) in [5.74, 6) is 5.66. The van der Waals surface area contributed by atoms with Crippen LogP contribution in [0.15, 0.2) is 218 Å². The summed E-state index contributed by atoms with van der Waals surface area (Å²) < 4.78 is 19.3. The number of amides is 6. The number of carbonyl (C=O) groups is 8. The molecule has 0 bridgehead atoms. The van der Waals surface area contributed by atoms with Crippen molar-refractivity contribution in [3.05, 3.63) is 252 Å². The van der Waals surface area contributed by atoms with Crippen molar-refractivity contribution in [1.82, 2.24) is 0 Å². The molecular formula is C69H56ClN9O14. The monoisotopic (exact) mass is 1270 g/mol. The Morgan fingerprint density at radius 1 is 0.376 bits per heavy atom. The number of benzene rings is 9. The second-order valence-corrected chi connectivity index (χ2v) is 18.6. The van der Waals surface area contributed by atoms with Crippen molar-refractivity contribution >= 4 is 110 Å². The first kappa shape index (κ1) is 70.1. The Morgan fingerprint density at radius 3 is 1.00 bits per heavy atom. The lowest BCUT2D eigenvalue weighted by Gasteiger charge is -2.12. The Bertz CT molecular complexity index is 4010. The summed E-state index contributed by atoms with van der Waals surface area (Å²) in [4.78, 5) is 92.7. The van der Waals surface area contributed by atoms with Crippen LogP contribution >= 0.6 is 11.6 Å². The van der Waals surface area contributed by atoms with Gasteiger partial charge in [-0.15, -0.1) is 19.3 Å². The van der Waals surface area contributed by atoms with Crippen molar-refractivity contribution in [2.75, 3.05) is 56.2 Å². The van der Waals surface area contributed by atoms with E-state index in [1.807, 2.05) is 18.2 Å². The molecule has 468 valence electrons. The van der Waals surface area contributed by atoms with Gasteiger partial charge in [-0.3, -0.25) is 10.6 Å². The van der Waals surface area contributed by atoms with Gasteiger partial charge < -0.3 is 67.6 Å². The van der Waals surface area contributed by atoms with Gasteiger partial charge in [-0.2, -0.15) is 0 Å². The molecule has 0 saturated heterocycles. The third kappa shape index (κ3) is 26.0. The second-order valence-electron chi connectivity index (χ2n) is 18.3. The lowest BCUT2D eigenvalue weighted by Crippen LogP contribution is -2.21. The van der Waals surface area contributed by atoms with Gasteiger partial charge >= 0.3 is 47.6 Å². The number of carboxylic acids is 2. The highest BCUT2D eigenvalue weighted by Gasteiger charge is 2.15. The molecule has 0 heterocycles. The first-order valence-electron chi connectivity index (χ1n) is 26.7. The minimum atomic E-state index is -1.23. The van der Waals surface area contributed by atoms with Crippen molar-refractivity contribution in [3.63, 3.8) is 0 Å². The van der Waals surface area contributed by atoms with Gasteiger partial charge in [0.1, 0.15) is 17.2 Å². The van der Waals surface area contributed by atoms with Crippen LogP contribution in [0.3, 0.4) is 0 Å². The first-order valence-corrected chi connectivity index (χ1v) is 27.1. The molecule has 0 atom stereocenters. The zero-order chi connectivity index (χ0) is 67.7. The summed E-state index contributed by atoms with van der Waals surface area (Å²) in [7, 11) is 1.31. The van der Waals surface area contributed by atoms with Crippen molar-refractivity contribution in [3.8, 4) is 54.3 Å². The van der Waals surface area contributed by atoms with Gasteiger partial charge in [0.25, 0.3) is 0 Å². The smallest absolute Gasteiger partial charge is 0.417 e. The van der Waals surface area contributed by atoms with E-state index in [4.69, 9.17) is 57.5 Å². The Kier molecular flexibility index (Phi) is 27.5. The zero-order valence-electron chi connectivity index (χ0n) is 48.9. The van der Waals surface area contributed by atoms with Crippen LogP contribution in [0.1, 0.15) is 47.8 Å². The van der Waals surface area contributed by atoms with Crippen LogP contribution < -0.4 is 63.3 Å². The van der Waals surface area contributed by atoms with Crippen LogP contribution in [-0.4, -0.2) is 64.9 Å². The number of anilines is 9. The van der Waals surface area contributed by atoms with E-state index < -0.39 is 47.6 Å². The maximum atomic E-state index is 12.3. The van der Waals surface area contributed by atoms with E-state index >= 15 is 0 Å². The fourth-order valence-electron chi connectivity index (χ4n) is 7.23. The number of ether oxygens (including phenoxy) is 4. The van der Waals surface area contributed by atoms with Gasteiger partial charge in [0, 0.05) is 79.5 Å². The number of hydrogen-bond acceptors (Lipinski definition) is 15. The number of nitrogen functional groups attached to an aromatic ring is 3. The molecule has 0 aliphatic heterocycles. The molecule has 0 aliphatic rings. The molecule has 93 heavy (non-hydrogen) atoms. The summed E-state index contributed by atoms with van der Waals surface area (Å²) in [6.07, 6.45) is 14.1. The number of rotatable bonds is 12. The van der Waals surface area contributed by atoms with Crippen LogP contribution in [-0.2, 0) is 4.74 Å². The number of aromatic carboxylic acids is 2. The molecule has 0 fully saturated rings. The SMILES string of the molecule is C#Cc1ccc(N)cc1.C#Cc1ccc(NC(=O)Nc2cc(NC(=O)Nc3ccc(C#C)cc3)cc(C(=O)O)c2)cc1.COC(=O)c1cc(N)cc(N)c1.O=C(Cl)Oc1ccccc1.O=C(Nc1cc(NC(=O)Oc2ccccc2)cc(C(=O)O)c1)Oc1ccccc1. The number of nitrogens with one attached hydrogen (secondary N) is 6. The number of halogens is 1. The zero-order valence-corrected chi connectivity index (χ0v) is 49.7. The van der Waals surface area contributed by atoms with Crippen molar-refractivity contribution < 1.29 is 67.5 Å². The third-order valence-electron chi connectivity index (χ3n) is 11.3. The number of carboxylic acid groups (broad SMARTS) is 2. The number of nitrogens with two attached hydrogens (primary N) is 3. The minimum absolute atomic E-state index is 0.125. The lowest BCUT2D eigenvalue weighted by molar-refractivity contribution is 0.0599. The number of methoxy groups -OCH3 is 1. The van der Waals surface area contributed by atoms with Crippen LogP contribution in [0.25, 0.3) is 0 Å². The van der Waals surface area contributed by atoms with E-state index in [0.29, 0.717) is 56.7 Å². The van der Waals surface area contributed by atoms with Gasteiger partial charge in [0.05, 0.1) is 23.8 Å². The fraction of sp³-hybridized carbons (Fsp3) is 0.0145. The van der Waals surface area contributed by atoms with Crippen LogP contribution in [0.5, 0.6) is 17.2 Å². The van der Waals surface area contributed by atoms with E-state index in [9.17, 15) is 48.6 Å². The topological polar surface area (TPSA) is 364 Å². The highest BCUT2D eigenvalue weighted by atomic mass is 35.5. The molecule has 9 rings (SSSR count). The fourth-order valence-corrected chi connectivity index (χ4v) is 7.32. The van der Waals surface area contributed by atoms with Gasteiger partial charge in [0.2, 0.25) is 0 Å². The van der Waals surface area contributed by atoms with E-state index in [1.165, 1.54) is 55.6 Å². The molecule has 23 nitrogen and oxygen atoms in total. The molecule has 9 aromatic rings. The molecule has 0 unspecified atom stereocenters. The van der Waals surface area contributed by atoms with Crippen molar-refractivity contribution in [2.24, 2.45) is 0 Å². The van der Waals surface area contributed by atoms with Crippen molar-refractivity contribution in [1.29, 1.82) is 0 Å². The van der Waals surface area contributed by atoms with E-state index in [1.54, 1.807) is 152 Å². The summed E-state index contributed by atoms with van der Waals surface area (Å²) >= 11 is 4.95. The Morgan fingerprint density at radius 2 is 0.688 bits per heavy atom. The highest BCUT2D eigenvalue weighted by molar-refractivity contribution is 6.61. The van der Waals surface area contributed by atoms with E-state index in [0.717, 1.165) is 11.3 Å². The number of terminal acetylenes is 3. The van der Waals surface area contributed by atoms with E-state index in [2.05, 4.69) is 59.1 Å². The predicted octanol–water partition coefficient (Wildman–Crippen LogP) is 13.6. The maximum Gasteiger partial charge on any atom is 0.417 e. The summed E-state index contributed by atoms with van der Waals surface area (Å²) in [6, 6.07) is 57.0. The second kappa shape index (κ2) is 36.5. The molecule has 24 heteroatoms. The van der Waals surface area contributed by atoms with Gasteiger partial charge in [-0.05, 0) is 164 Å². The molecule has 0 saturated carbocycles. The quantitative estimate of drug-likeness (QED) is 0.0234. The van der Waals surface area contributed by atoms with E-state index in [-0.39, 0.29) is 33.9 Å². The summed E-state index contributed by atoms with van der Waals surface area (Å²) in [5.41, 5.74) is 21.1. The van der Waals surface area contributed by atoms with Crippen LogP contribution in [0, 0.1) is 37.0 Å². The number of hydrogen-bond donors (Lipinski definition) is 11. The maximum absolute atomic E-state index is 12.3. The first-order chi connectivity index (χ1) is 44.6. The predicted molar refractivity (Wildman–Crippen MR) is 357 cm³/mol. The van der Waals surface area contributed by atoms with Gasteiger partial charge in [0.15, 0.2) is 0 Å².